The number of piperazine rings is 1. The Morgan fingerprint density at radius 3 is 2.48 bits per heavy atom. The summed E-state index contributed by atoms with van der Waals surface area (Å²) in [5, 5.41) is 0. The fourth-order valence-corrected chi connectivity index (χ4v) is 3.19. The second-order valence-electron chi connectivity index (χ2n) is 6.52. The van der Waals surface area contributed by atoms with Crippen molar-refractivity contribution in [2.75, 3.05) is 46.1 Å². The lowest BCUT2D eigenvalue weighted by Gasteiger charge is -2.35. The van der Waals surface area contributed by atoms with Gasteiger partial charge in [-0.2, -0.15) is 0 Å². The van der Waals surface area contributed by atoms with Crippen LogP contribution in [0, 0.1) is 0 Å². The number of amides is 3. The van der Waals surface area contributed by atoms with Gasteiger partial charge in [-0.15, -0.1) is 0 Å². The molecule has 9 nitrogen and oxygen atoms in total. The van der Waals surface area contributed by atoms with Crippen LogP contribution in [-0.4, -0.2) is 78.5 Å². The minimum Gasteiger partial charge on any atom is -0.454 e. The van der Waals surface area contributed by atoms with E-state index in [2.05, 4.69) is 4.90 Å². The molecule has 0 spiro atoms. The van der Waals surface area contributed by atoms with Gasteiger partial charge in [0.15, 0.2) is 11.5 Å². The minimum absolute atomic E-state index is 0.0456. The maximum atomic E-state index is 12.4. The number of benzene rings is 1. The van der Waals surface area contributed by atoms with Crippen LogP contribution < -0.4 is 15.2 Å². The third-order valence-corrected chi connectivity index (χ3v) is 4.66. The Balaban J connectivity index is 1.53. The summed E-state index contributed by atoms with van der Waals surface area (Å²) < 4.78 is 10.7. The van der Waals surface area contributed by atoms with E-state index in [4.69, 9.17) is 15.2 Å². The number of nitrogens with two attached hydrogens (primary N) is 1. The number of carbonyl (C=O) groups is 3. The topological polar surface area (TPSA) is 105 Å². The van der Waals surface area contributed by atoms with Crippen LogP contribution in [0.4, 0.5) is 0 Å². The summed E-state index contributed by atoms with van der Waals surface area (Å²) in [5.74, 6) is -0.435. The van der Waals surface area contributed by atoms with Gasteiger partial charge in [0.1, 0.15) is 0 Å². The van der Waals surface area contributed by atoms with E-state index in [1.54, 1.807) is 0 Å². The molecule has 0 aliphatic carbocycles. The normalized spacial score (nSPS) is 16.3. The van der Waals surface area contributed by atoms with Crippen LogP contribution in [0.3, 0.4) is 0 Å². The molecule has 1 saturated heterocycles. The van der Waals surface area contributed by atoms with E-state index in [9.17, 15) is 14.4 Å². The first-order chi connectivity index (χ1) is 13.0. The molecule has 0 unspecified atom stereocenters. The fraction of sp³-hybridized carbons (Fsp3) is 0.500. The first-order valence-electron chi connectivity index (χ1n) is 8.92. The zero-order chi connectivity index (χ0) is 19.4. The maximum Gasteiger partial charge on any atom is 0.318 e. The Morgan fingerprint density at radius 2 is 1.81 bits per heavy atom. The van der Waals surface area contributed by atoms with Crippen molar-refractivity contribution in [1.29, 1.82) is 0 Å². The van der Waals surface area contributed by atoms with Crippen molar-refractivity contribution < 1.29 is 23.9 Å². The van der Waals surface area contributed by atoms with Crippen molar-refractivity contribution in [3.8, 4) is 11.5 Å². The molecule has 1 fully saturated rings. The van der Waals surface area contributed by atoms with Crippen molar-refractivity contribution in [2.45, 2.75) is 13.5 Å². The van der Waals surface area contributed by atoms with Gasteiger partial charge in [-0.05, 0) is 17.7 Å². The second-order valence-corrected chi connectivity index (χ2v) is 6.52. The van der Waals surface area contributed by atoms with Gasteiger partial charge < -0.3 is 20.1 Å². The largest absolute Gasteiger partial charge is 0.454 e. The molecule has 2 aliphatic rings. The van der Waals surface area contributed by atoms with Crippen LogP contribution in [0.2, 0.25) is 0 Å². The molecule has 2 heterocycles. The molecular formula is C18H24N4O5. The maximum absolute atomic E-state index is 12.4. The third kappa shape index (κ3) is 4.37. The van der Waals surface area contributed by atoms with Gasteiger partial charge in [-0.3, -0.25) is 24.2 Å². The number of fused-ring (bicyclic) bond motifs is 1. The molecule has 2 aliphatic heterocycles. The highest BCUT2D eigenvalue weighted by Crippen LogP contribution is 2.32. The van der Waals surface area contributed by atoms with Crippen LogP contribution in [-0.2, 0) is 20.9 Å². The van der Waals surface area contributed by atoms with Gasteiger partial charge in [0.2, 0.25) is 12.7 Å². The predicted molar refractivity (Wildman–Crippen MR) is 95.9 cm³/mol. The molecule has 0 saturated carbocycles. The molecule has 0 atom stereocenters. The second kappa shape index (κ2) is 8.36. The lowest BCUT2D eigenvalue weighted by Crippen LogP contribution is -2.54. The van der Waals surface area contributed by atoms with Crippen molar-refractivity contribution in [3.05, 3.63) is 23.8 Å². The molecule has 0 bridgehead atoms. The van der Waals surface area contributed by atoms with E-state index in [1.165, 1.54) is 11.8 Å². The van der Waals surface area contributed by atoms with Crippen LogP contribution in [0.15, 0.2) is 18.2 Å². The highest BCUT2D eigenvalue weighted by Gasteiger charge is 2.31. The van der Waals surface area contributed by atoms with E-state index in [0.29, 0.717) is 26.2 Å². The van der Waals surface area contributed by atoms with Gasteiger partial charge in [-0.25, -0.2) is 0 Å². The molecule has 0 aromatic heterocycles. The standard InChI is InChI=1S/C18H24N4O5/c1-13(23)22(5-4-19)18(25)17(24)21-8-6-20(7-9-21)11-14-2-3-15-16(10-14)27-12-26-15/h2-3,10H,4-9,11-12,19H2,1H3. The zero-order valence-electron chi connectivity index (χ0n) is 15.3. The number of ether oxygens (including phenoxy) is 2. The first-order valence-corrected chi connectivity index (χ1v) is 8.92. The van der Waals surface area contributed by atoms with E-state index < -0.39 is 17.7 Å². The Morgan fingerprint density at radius 1 is 1.11 bits per heavy atom. The van der Waals surface area contributed by atoms with Crippen LogP contribution >= 0.6 is 0 Å². The van der Waals surface area contributed by atoms with Gasteiger partial charge in [0.25, 0.3) is 0 Å². The van der Waals surface area contributed by atoms with Crippen molar-refractivity contribution >= 4 is 17.7 Å². The number of rotatable bonds is 4. The van der Waals surface area contributed by atoms with Gasteiger partial charge in [-0.1, -0.05) is 6.07 Å². The summed E-state index contributed by atoms with van der Waals surface area (Å²) in [7, 11) is 0. The smallest absolute Gasteiger partial charge is 0.318 e. The molecule has 9 heteroatoms. The van der Waals surface area contributed by atoms with E-state index in [1.807, 2.05) is 18.2 Å². The molecular weight excluding hydrogens is 352 g/mol. The predicted octanol–water partition coefficient (Wildman–Crippen LogP) is -0.607. The number of nitrogens with zero attached hydrogens (tertiary/aromatic N) is 3. The number of carbonyl (C=O) groups excluding carboxylic acids is 3. The molecule has 2 N–H and O–H groups in total. The molecule has 1 aromatic rings. The summed E-state index contributed by atoms with van der Waals surface area (Å²) in [6, 6.07) is 5.84. The monoisotopic (exact) mass is 376 g/mol. The van der Waals surface area contributed by atoms with Crippen molar-refractivity contribution in [3.63, 3.8) is 0 Å². The molecule has 1 aromatic carbocycles. The van der Waals surface area contributed by atoms with Crippen molar-refractivity contribution in [2.24, 2.45) is 5.73 Å². The van der Waals surface area contributed by atoms with Crippen LogP contribution in [0.25, 0.3) is 0 Å². The zero-order valence-corrected chi connectivity index (χ0v) is 15.3. The van der Waals surface area contributed by atoms with E-state index in [-0.39, 0.29) is 19.9 Å². The third-order valence-electron chi connectivity index (χ3n) is 4.66. The SMILES string of the molecule is CC(=O)N(CCN)C(=O)C(=O)N1CCN(Cc2ccc3c(c2)OCO3)CC1. The Kier molecular flexibility index (Phi) is 5.92. The quantitative estimate of drug-likeness (QED) is 0.699. The average Bonchev–Trinajstić information content (AvgIpc) is 3.13. The van der Waals surface area contributed by atoms with Gasteiger partial charge in [0.05, 0.1) is 0 Å². The molecule has 3 rings (SSSR count). The van der Waals surface area contributed by atoms with Gasteiger partial charge >= 0.3 is 11.8 Å². The summed E-state index contributed by atoms with van der Waals surface area (Å²) in [6.07, 6.45) is 0. The first kappa shape index (κ1) is 19.1. The highest BCUT2D eigenvalue weighted by molar-refractivity contribution is 6.37. The summed E-state index contributed by atoms with van der Waals surface area (Å²) in [4.78, 5) is 40.8. The lowest BCUT2D eigenvalue weighted by molar-refractivity contribution is -0.157. The fourth-order valence-electron chi connectivity index (χ4n) is 3.19. The summed E-state index contributed by atoms with van der Waals surface area (Å²) >= 11 is 0. The number of imide groups is 1. The highest BCUT2D eigenvalue weighted by atomic mass is 16.7. The van der Waals surface area contributed by atoms with E-state index >= 15 is 0 Å². The number of hydrogen-bond acceptors (Lipinski definition) is 7. The molecule has 0 radical (unpaired) electrons. The van der Waals surface area contributed by atoms with Crippen LogP contribution in [0.5, 0.6) is 11.5 Å². The number of hydrogen-bond donors (Lipinski definition) is 1. The Hall–Kier alpha value is -2.65. The van der Waals surface area contributed by atoms with Crippen molar-refractivity contribution in [1.82, 2.24) is 14.7 Å². The Labute approximate surface area is 157 Å². The van der Waals surface area contributed by atoms with E-state index in [0.717, 1.165) is 28.5 Å². The molecule has 3 amide bonds. The summed E-state index contributed by atoms with van der Waals surface area (Å²) in [5.41, 5.74) is 6.51. The minimum atomic E-state index is -0.808. The average molecular weight is 376 g/mol. The lowest BCUT2D eigenvalue weighted by atomic mass is 10.1. The van der Waals surface area contributed by atoms with Crippen LogP contribution in [0.1, 0.15) is 12.5 Å². The molecule has 146 valence electrons. The summed E-state index contributed by atoms with van der Waals surface area (Å²) in [6.45, 7) is 4.55. The van der Waals surface area contributed by atoms with Gasteiger partial charge in [0, 0.05) is 52.7 Å². The Bertz CT molecular complexity index is 730. The molecule has 27 heavy (non-hydrogen) atoms.